The second-order valence-electron chi connectivity index (χ2n) is 9.24. The first-order chi connectivity index (χ1) is 15.6. The Labute approximate surface area is 187 Å². The molecule has 0 aliphatic carbocycles. The Kier molecular flexibility index (Phi) is 4.59. The van der Waals surface area contributed by atoms with Gasteiger partial charge in [-0.2, -0.15) is 0 Å². The fourth-order valence-corrected chi connectivity index (χ4v) is 5.53. The third kappa shape index (κ3) is 3.14. The first-order valence-corrected chi connectivity index (χ1v) is 11.4. The number of ether oxygens (including phenoxy) is 1. The zero-order valence-electron chi connectivity index (χ0n) is 18.3. The number of piperidine rings is 1. The van der Waals surface area contributed by atoms with Gasteiger partial charge >= 0.3 is 5.69 Å². The topological polar surface area (TPSA) is 55.2 Å². The number of hydrogen-bond acceptors (Lipinski definition) is 3. The molecule has 6 rings (SSSR count). The molecule has 4 aromatic rings. The van der Waals surface area contributed by atoms with Gasteiger partial charge in [-0.1, -0.05) is 30.3 Å². The quantitative estimate of drug-likeness (QED) is 0.532. The highest BCUT2D eigenvalue weighted by Gasteiger charge is 2.37. The molecule has 1 fully saturated rings. The van der Waals surface area contributed by atoms with Gasteiger partial charge in [0.25, 0.3) is 0 Å². The first-order valence-electron chi connectivity index (χ1n) is 11.4. The summed E-state index contributed by atoms with van der Waals surface area (Å²) in [5.74, 6) is 0. The van der Waals surface area contributed by atoms with Crippen molar-refractivity contribution in [2.45, 2.75) is 38.0 Å². The predicted octanol–water partition coefficient (Wildman–Crippen LogP) is 4.20. The molecule has 0 spiro atoms. The van der Waals surface area contributed by atoms with Gasteiger partial charge < -0.3 is 14.3 Å². The monoisotopic (exact) mass is 428 g/mol. The molecule has 4 heterocycles. The molecular weight excluding hydrogens is 400 g/mol. The van der Waals surface area contributed by atoms with Gasteiger partial charge in [-0.25, -0.2) is 4.79 Å². The zero-order valence-corrected chi connectivity index (χ0v) is 18.3. The Balaban J connectivity index is 1.22. The van der Waals surface area contributed by atoms with Crippen LogP contribution in [0.25, 0.3) is 16.7 Å². The van der Waals surface area contributed by atoms with E-state index < -0.39 is 5.60 Å². The van der Waals surface area contributed by atoms with Gasteiger partial charge in [0.2, 0.25) is 0 Å². The number of likely N-dealkylation sites (tertiary alicyclic amines) is 1. The lowest BCUT2D eigenvalue weighted by Crippen LogP contribution is -2.45. The highest BCUT2D eigenvalue weighted by molar-refractivity contribution is 5.75. The summed E-state index contributed by atoms with van der Waals surface area (Å²) in [5.41, 5.74) is 5.13. The molecule has 1 N–H and O–H groups in total. The minimum atomic E-state index is -0.396. The van der Waals surface area contributed by atoms with Gasteiger partial charge in [-0.15, -0.1) is 0 Å². The Morgan fingerprint density at radius 1 is 1.03 bits per heavy atom. The van der Waals surface area contributed by atoms with Crippen molar-refractivity contribution in [1.29, 1.82) is 0 Å². The Morgan fingerprint density at radius 2 is 1.81 bits per heavy atom. The second kappa shape index (κ2) is 7.50. The molecule has 2 aliphatic rings. The Morgan fingerprint density at radius 3 is 2.69 bits per heavy atom. The van der Waals surface area contributed by atoms with Crippen molar-refractivity contribution in [3.63, 3.8) is 0 Å². The molecule has 0 bridgehead atoms. The van der Waals surface area contributed by atoms with Crippen LogP contribution in [0.1, 0.15) is 37.1 Å². The number of benzene rings is 2. The van der Waals surface area contributed by atoms with Gasteiger partial charge in [0, 0.05) is 37.4 Å². The SMILES string of the molecule is C[C@@]1(CN2CCC(n3c(=O)[nH]c4ccccc43)CC2)OCc2ccccc2-n2cccc21. The first kappa shape index (κ1) is 19.6. The van der Waals surface area contributed by atoms with Crippen molar-refractivity contribution in [3.8, 4) is 5.69 Å². The van der Waals surface area contributed by atoms with Crippen molar-refractivity contribution in [3.05, 3.63) is 88.6 Å². The lowest BCUT2D eigenvalue weighted by molar-refractivity contribution is -0.0734. The molecule has 2 aromatic carbocycles. The van der Waals surface area contributed by atoms with Crippen molar-refractivity contribution in [2.24, 2.45) is 0 Å². The van der Waals surface area contributed by atoms with E-state index in [2.05, 4.69) is 64.0 Å². The van der Waals surface area contributed by atoms with Crippen molar-refractivity contribution in [1.82, 2.24) is 19.0 Å². The molecule has 1 saturated heterocycles. The van der Waals surface area contributed by atoms with Gasteiger partial charge in [0.1, 0.15) is 5.60 Å². The van der Waals surface area contributed by atoms with Crippen LogP contribution in [0.3, 0.4) is 0 Å². The van der Waals surface area contributed by atoms with E-state index in [1.165, 1.54) is 16.9 Å². The highest BCUT2D eigenvalue weighted by Crippen LogP contribution is 2.36. The maximum Gasteiger partial charge on any atom is 0.326 e. The van der Waals surface area contributed by atoms with Crippen molar-refractivity contribution in [2.75, 3.05) is 19.6 Å². The average Bonchev–Trinajstić information content (AvgIpc) is 3.41. The summed E-state index contributed by atoms with van der Waals surface area (Å²) in [4.78, 5) is 18.1. The number of para-hydroxylation sites is 3. The van der Waals surface area contributed by atoms with Gasteiger partial charge in [-0.3, -0.25) is 9.47 Å². The van der Waals surface area contributed by atoms with E-state index in [9.17, 15) is 4.79 Å². The van der Waals surface area contributed by atoms with Crippen LogP contribution in [0.2, 0.25) is 0 Å². The van der Waals surface area contributed by atoms with Crippen LogP contribution in [0, 0.1) is 0 Å². The van der Waals surface area contributed by atoms with Crippen LogP contribution in [-0.4, -0.2) is 38.7 Å². The van der Waals surface area contributed by atoms with Crippen LogP contribution >= 0.6 is 0 Å². The minimum absolute atomic E-state index is 0.000643. The third-order valence-electron chi connectivity index (χ3n) is 7.16. The fourth-order valence-electron chi connectivity index (χ4n) is 5.53. The molecule has 0 radical (unpaired) electrons. The van der Waals surface area contributed by atoms with Gasteiger partial charge in [0.05, 0.1) is 29.0 Å². The summed E-state index contributed by atoms with van der Waals surface area (Å²) >= 11 is 0. The maximum absolute atomic E-state index is 12.6. The summed E-state index contributed by atoms with van der Waals surface area (Å²) in [6.45, 7) is 5.55. The number of H-pyrrole nitrogens is 1. The Bertz CT molecular complexity index is 1320. The van der Waals surface area contributed by atoms with Crippen LogP contribution in [-0.2, 0) is 16.9 Å². The molecule has 2 aromatic heterocycles. The number of aromatic amines is 1. The van der Waals surface area contributed by atoms with E-state index in [0.717, 1.165) is 43.5 Å². The van der Waals surface area contributed by atoms with Crippen molar-refractivity contribution >= 4 is 11.0 Å². The smallest absolute Gasteiger partial charge is 0.326 e. The van der Waals surface area contributed by atoms with Gasteiger partial charge in [0.15, 0.2) is 0 Å². The predicted molar refractivity (Wildman–Crippen MR) is 125 cm³/mol. The average molecular weight is 429 g/mol. The van der Waals surface area contributed by atoms with E-state index in [1.54, 1.807) is 0 Å². The summed E-state index contributed by atoms with van der Waals surface area (Å²) in [7, 11) is 0. The van der Waals surface area contributed by atoms with E-state index in [-0.39, 0.29) is 11.7 Å². The molecule has 6 heteroatoms. The summed E-state index contributed by atoms with van der Waals surface area (Å²) < 4.78 is 10.8. The molecule has 0 saturated carbocycles. The standard InChI is InChI=1S/C26H28N4O2/c1-26(24-11-6-14-29(24)22-9-4-2-7-19(22)17-32-26)18-28-15-12-20(13-16-28)30-23-10-5-3-8-21(23)27-25(30)31/h2-11,14,20H,12-13,15-18H2,1H3,(H,27,31)/t26-/m0/s1. The highest BCUT2D eigenvalue weighted by atomic mass is 16.5. The number of nitrogens with zero attached hydrogens (tertiary/aromatic N) is 3. The number of nitrogens with one attached hydrogen (secondary N) is 1. The Hall–Kier alpha value is -3.09. The number of aromatic nitrogens is 3. The fraction of sp³-hybridized carbons (Fsp3) is 0.346. The normalized spacial score (nSPS) is 21.9. The van der Waals surface area contributed by atoms with Crippen LogP contribution in [0.5, 0.6) is 0 Å². The lowest BCUT2D eigenvalue weighted by Gasteiger charge is -2.39. The van der Waals surface area contributed by atoms with Gasteiger partial charge in [-0.05, 0) is 50.1 Å². The number of hydrogen-bond donors (Lipinski definition) is 1. The molecule has 1 atom stereocenters. The van der Waals surface area contributed by atoms with E-state index >= 15 is 0 Å². The summed E-state index contributed by atoms with van der Waals surface area (Å²) in [6.07, 6.45) is 4.05. The van der Waals surface area contributed by atoms with E-state index in [4.69, 9.17) is 4.74 Å². The molecule has 2 aliphatic heterocycles. The largest absolute Gasteiger partial charge is 0.363 e. The molecular formula is C26H28N4O2. The number of imidazole rings is 1. The summed E-state index contributed by atoms with van der Waals surface area (Å²) in [5, 5.41) is 0. The van der Waals surface area contributed by atoms with Crippen LogP contribution < -0.4 is 5.69 Å². The zero-order chi connectivity index (χ0) is 21.7. The summed E-state index contributed by atoms with van der Waals surface area (Å²) in [6, 6.07) is 21.0. The van der Waals surface area contributed by atoms with E-state index in [1.807, 2.05) is 28.8 Å². The molecule has 164 valence electrons. The number of fused-ring (bicyclic) bond motifs is 4. The third-order valence-corrected chi connectivity index (χ3v) is 7.16. The maximum atomic E-state index is 12.6. The van der Waals surface area contributed by atoms with Crippen LogP contribution in [0.4, 0.5) is 0 Å². The molecule has 6 nitrogen and oxygen atoms in total. The van der Waals surface area contributed by atoms with E-state index in [0.29, 0.717) is 6.61 Å². The van der Waals surface area contributed by atoms with Crippen LogP contribution in [0.15, 0.2) is 71.7 Å². The van der Waals surface area contributed by atoms with Crippen molar-refractivity contribution < 1.29 is 4.74 Å². The molecule has 0 amide bonds. The molecule has 32 heavy (non-hydrogen) atoms. The lowest BCUT2D eigenvalue weighted by atomic mass is 9.98. The second-order valence-corrected chi connectivity index (χ2v) is 9.24. The minimum Gasteiger partial charge on any atom is -0.363 e. The number of rotatable bonds is 3. The molecule has 0 unspecified atom stereocenters.